The molecule has 0 spiro atoms. The Morgan fingerprint density at radius 1 is 1.14 bits per heavy atom. The van der Waals surface area contributed by atoms with Crippen LogP contribution < -0.4 is 0 Å². The quantitative estimate of drug-likeness (QED) is 0.702. The molecule has 0 bridgehead atoms. The van der Waals surface area contributed by atoms with E-state index >= 15 is 0 Å². The monoisotopic (exact) mass is 297 g/mol. The molecule has 0 radical (unpaired) electrons. The van der Waals surface area contributed by atoms with Crippen molar-refractivity contribution in [3.63, 3.8) is 0 Å². The molecule has 2 N–H and O–H groups in total. The molecule has 4 heteroatoms. The van der Waals surface area contributed by atoms with E-state index in [2.05, 4.69) is 4.98 Å². The number of carboxylic acids is 1. The minimum absolute atomic E-state index is 0.607. The van der Waals surface area contributed by atoms with Crippen molar-refractivity contribution in [1.29, 1.82) is 0 Å². The number of rotatable bonds is 4. The van der Waals surface area contributed by atoms with Crippen LogP contribution in [-0.2, 0) is 4.79 Å². The fourth-order valence-electron chi connectivity index (χ4n) is 2.44. The zero-order valence-electron chi connectivity index (χ0n) is 11.5. The van der Waals surface area contributed by atoms with Crippen LogP contribution in [0.1, 0.15) is 16.4 Å². The minimum Gasteiger partial charge on any atom is -0.480 e. The average molecular weight is 297 g/mol. The van der Waals surface area contributed by atoms with E-state index in [0.717, 1.165) is 26.9 Å². The van der Waals surface area contributed by atoms with Crippen LogP contribution >= 0.6 is 11.8 Å². The number of hydrogen-bond donors (Lipinski definition) is 2. The van der Waals surface area contributed by atoms with E-state index in [1.54, 1.807) is 0 Å². The number of nitrogens with one attached hydrogen (secondary N) is 1. The Balaban J connectivity index is 2.01. The van der Waals surface area contributed by atoms with Crippen LogP contribution in [0.4, 0.5) is 0 Å². The van der Waals surface area contributed by atoms with E-state index < -0.39 is 11.2 Å². The summed E-state index contributed by atoms with van der Waals surface area (Å²) in [6.45, 7) is 2.04. The van der Waals surface area contributed by atoms with Gasteiger partial charge in [0.25, 0.3) is 0 Å². The van der Waals surface area contributed by atoms with Gasteiger partial charge in [-0.3, -0.25) is 4.79 Å². The van der Waals surface area contributed by atoms with Gasteiger partial charge in [-0.15, -0.1) is 11.8 Å². The van der Waals surface area contributed by atoms with Crippen LogP contribution in [0.3, 0.4) is 0 Å². The summed E-state index contributed by atoms with van der Waals surface area (Å²) in [7, 11) is 0. The Kier molecular flexibility index (Phi) is 3.71. The number of carboxylic acid groups (broad SMARTS) is 1. The Bertz CT molecular complexity index is 780. The van der Waals surface area contributed by atoms with Gasteiger partial charge < -0.3 is 10.1 Å². The number of aliphatic carboxylic acids is 1. The lowest BCUT2D eigenvalue weighted by Gasteiger charge is -2.12. The van der Waals surface area contributed by atoms with Crippen LogP contribution in [-0.4, -0.2) is 16.1 Å². The van der Waals surface area contributed by atoms with Crippen molar-refractivity contribution in [3.8, 4) is 0 Å². The van der Waals surface area contributed by atoms with Gasteiger partial charge >= 0.3 is 5.97 Å². The summed E-state index contributed by atoms with van der Waals surface area (Å²) in [6, 6.07) is 15.4. The van der Waals surface area contributed by atoms with Crippen molar-refractivity contribution < 1.29 is 9.90 Å². The predicted molar refractivity (Wildman–Crippen MR) is 85.7 cm³/mol. The smallest absolute Gasteiger partial charge is 0.321 e. The van der Waals surface area contributed by atoms with Crippen molar-refractivity contribution in [1.82, 2.24) is 4.98 Å². The van der Waals surface area contributed by atoms with Gasteiger partial charge in [0.15, 0.2) is 0 Å². The van der Waals surface area contributed by atoms with Crippen LogP contribution in [0.25, 0.3) is 10.9 Å². The van der Waals surface area contributed by atoms with Gasteiger partial charge in [0.1, 0.15) is 5.25 Å². The molecule has 21 heavy (non-hydrogen) atoms. The van der Waals surface area contributed by atoms with Crippen LogP contribution in [0.5, 0.6) is 0 Å². The van der Waals surface area contributed by atoms with Gasteiger partial charge in [0.05, 0.1) is 0 Å². The van der Waals surface area contributed by atoms with Gasteiger partial charge in [0, 0.05) is 22.0 Å². The number of hydrogen-bond acceptors (Lipinski definition) is 2. The molecule has 1 heterocycles. The summed E-state index contributed by atoms with van der Waals surface area (Å²) in [5, 5.41) is 10.0. The lowest BCUT2D eigenvalue weighted by Crippen LogP contribution is -2.07. The zero-order chi connectivity index (χ0) is 14.8. The van der Waals surface area contributed by atoms with Crippen LogP contribution in [0.2, 0.25) is 0 Å². The Morgan fingerprint density at radius 3 is 2.62 bits per heavy atom. The van der Waals surface area contributed by atoms with Crippen molar-refractivity contribution >= 4 is 28.6 Å². The lowest BCUT2D eigenvalue weighted by molar-refractivity contribution is -0.136. The number of aromatic amines is 1. The minimum atomic E-state index is -0.825. The third kappa shape index (κ3) is 2.67. The first-order chi connectivity index (χ1) is 10.2. The van der Waals surface area contributed by atoms with Gasteiger partial charge in [0.2, 0.25) is 0 Å². The lowest BCUT2D eigenvalue weighted by atomic mass is 10.1. The van der Waals surface area contributed by atoms with Crippen LogP contribution in [0.15, 0.2) is 59.6 Å². The second-order valence-corrected chi connectivity index (χ2v) is 6.04. The predicted octanol–water partition coefficient (Wildman–Crippen LogP) is 4.39. The molecule has 0 aliphatic heterocycles. The molecule has 2 aromatic carbocycles. The average Bonchev–Trinajstić information content (AvgIpc) is 2.90. The number of thioether (sulfide) groups is 1. The maximum atomic E-state index is 11.6. The van der Waals surface area contributed by atoms with E-state index in [9.17, 15) is 9.90 Å². The summed E-state index contributed by atoms with van der Waals surface area (Å²) >= 11 is 1.37. The molecule has 1 unspecified atom stereocenters. The van der Waals surface area contributed by atoms with Gasteiger partial charge in [-0.1, -0.05) is 42.5 Å². The highest BCUT2D eigenvalue weighted by Gasteiger charge is 2.22. The highest BCUT2D eigenvalue weighted by atomic mass is 32.2. The summed E-state index contributed by atoms with van der Waals surface area (Å²) in [5.74, 6) is -0.825. The van der Waals surface area contributed by atoms with E-state index in [0.29, 0.717) is 0 Å². The maximum Gasteiger partial charge on any atom is 0.321 e. The van der Waals surface area contributed by atoms with E-state index in [4.69, 9.17) is 0 Å². The zero-order valence-corrected chi connectivity index (χ0v) is 12.4. The summed E-state index contributed by atoms with van der Waals surface area (Å²) < 4.78 is 0. The van der Waals surface area contributed by atoms with Crippen molar-refractivity contribution in [2.45, 2.75) is 17.1 Å². The number of carbonyl (C=O) groups is 1. The summed E-state index contributed by atoms with van der Waals surface area (Å²) in [6.07, 6.45) is 1.89. The molecule has 0 saturated carbocycles. The molecule has 0 saturated heterocycles. The molecular weight excluding hydrogens is 282 g/mol. The van der Waals surface area contributed by atoms with Crippen molar-refractivity contribution in [2.75, 3.05) is 0 Å². The Hall–Kier alpha value is -2.20. The Labute approximate surface area is 127 Å². The molecule has 1 atom stereocenters. The topological polar surface area (TPSA) is 53.1 Å². The molecule has 3 rings (SSSR count). The van der Waals surface area contributed by atoms with Gasteiger partial charge in [-0.25, -0.2) is 0 Å². The highest BCUT2D eigenvalue weighted by molar-refractivity contribution is 8.00. The number of benzene rings is 2. The number of aromatic nitrogens is 1. The number of aryl methyl sites for hydroxylation is 1. The Morgan fingerprint density at radius 2 is 1.90 bits per heavy atom. The first-order valence-electron chi connectivity index (χ1n) is 6.68. The van der Waals surface area contributed by atoms with Crippen molar-refractivity contribution in [2.24, 2.45) is 0 Å². The molecule has 106 valence electrons. The molecule has 1 aromatic heterocycles. The van der Waals surface area contributed by atoms with Crippen molar-refractivity contribution in [3.05, 3.63) is 65.9 Å². The second kappa shape index (κ2) is 5.66. The highest BCUT2D eigenvalue weighted by Crippen LogP contribution is 2.40. The summed E-state index contributed by atoms with van der Waals surface area (Å²) in [4.78, 5) is 15.8. The normalized spacial score (nSPS) is 12.4. The standard InChI is InChI=1S/C17H15NO2S/c1-11-6-5-9-13-15(11)14(10-18-13)21-16(17(19)20)12-7-3-2-4-8-12/h2-10,16,18H,1H3,(H,19,20). The fourth-order valence-corrected chi connectivity index (χ4v) is 3.60. The largest absolute Gasteiger partial charge is 0.480 e. The molecule has 3 nitrogen and oxygen atoms in total. The SMILES string of the molecule is Cc1cccc2[nH]cc(SC(C(=O)O)c3ccccc3)c12. The van der Waals surface area contributed by atoms with Gasteiger partial charge in [-0.2, -0.15) is 0 Å². The first kappa shape index (κ1) is 13.8. The molecular formula is C17H15NO2S. The fraction of sp³-hybridized carbons (Fsp3) is 0.118. The summed E-state index contributed by atoms with van der Waals surface area (Å²) in [5.41, 5.74) is 2.99. The van der Waals surface area contributed by atoms with E-state index in [-0.39, 0.29) is 0 Å². The third-order valence-electron chi connectivity index (χ3n) is 3.45. The molecule has 0 amide bonds. The van der Waals surface area contributed by atoms with Crippen LogP contribution in [0, 0.1) is 6.92 Å². The second-order valence-electron chi connectivity index (χ2n) is 4.90. The van der Waals surface area contributed by atoms with Gasteiger partial charge in [-0.05, 0) is 24.1 Å². The molecule has 3 aromatic rings. The number of fused-ring (bicyclic) bond motifs is 1. The van der Waals surface area contributed by atoms with E-state index in [1.165, 1.54) is 11.8 Å². The molecule has 0 aliphatic rings. The molecule has 0 fully saturated rings. The molecule has 0 aliphatic carbocycles. The number of H-pyrrole nitrogens is 1. The first-order valence-corrected chi connectivity index (χ1v) is 7.56. The van der Waals surface area contributed by atoms with E-state index in [1.807, 2.05) is 61.7 Å². The maximum absolute atomic E-state index is 11.6. The third-order valence-corrected chi connectivity index (χ3v) is 4.73.